The summed E-state index contributed by atoms with van der Waals surface area (Å²) in [5.74, 6) is 0.111. The van der Waals surface area contributed by atoms with E-state index in [0.29, 0.717) is 42.1 Å². The summed E-state index contributed by atoms with van der Waals surface area (Å²) < 4.78 is 5.07. The highest BCUT2D eigenvalue weighted by molar-refractivity contribution is 6.04. The lowest BCUT2D eigenvalue weighted by Gasteiger charge is -2.11. The van der Waals surface area contributed by atoms with Gasteiger partial charge in [-0.25, -0.2) is 0 Å². The van der Waals surface area contributed by atoms with Gasteiger partial charge in [-0.2, -0.15) is 0 Å². The second-order valence-electron chi connectivity index (χ2n) is 6.14. The summed E-state index contributed by atoms with van der Waals surface area (Å²) >= 11 is 0. The van der Waals surface area contributed by atoms with Gasteiger partial charge in [0.15, 0.2) is 5.78 Å². The van der Waals surface area contributed by atoms with Gasteiger partial charge in [-0.15, -0.1) is 12.4 Å². The minimum absolute atomic E-state index is 0. The molecule has 8 heteroatoms. The van der Waals surface area contributed by atoms with Gasteiger partial charge in [-0.05, 0) is 42.8 Å². The summed E-state index contributed by atoms with van der Waals surface area (Å²) in [6.45, 7) is 0.692. The molecule has 2 rings (SSSR count). The third-order valence-corrected chi connectivity index (χ3v) is 4.10. The number of amides is 2. The number of ether oxygens (including phenoxy) is 1. The highest BCUT2D eigenvalue weighted by Crippen LogP contribution is 2.17. The number of hydrogen-bond acceptors (Lipinski definition) is 5. The second-order valence-corrected chi connectivity index (χ2v) is 6.14. The summed E-state index contributed by atoms with van der Waals surface area (Å²) in [5, 5.41) is 5.42. The van der Waals surface area contributed by atoms with Gasteiger partial charge < -0.3 is 21.1 Å². The van der Waals surface area contributed by atoms with Crippen LogP contribution in [0.5, 0.6) is 5.75 Å². The third kappa shape index (κ3) is 7.56. The van der Waals surface area contributed by atoms with Crippen molar-refractivity contribution in [2.45, 2.75) is 19.3 Å². The van der Waals surface area contributed by atoms with Crippen LogP contribution >= 0.6 is 12.4 Å². The molecule has 0 saturated heterocycles. The van der Waals surface area contributed by atoms with Crippen molar-refractivity contribution in [1.82, 2.24) is 5.32 Å². The topological polar surface area (TPSA) is 111 Å². The van der Waals surface area contributed by atoms with E-state index in [-0.39, 0.29) is 42.8 Å². The molecule has 2 amide bonds. The first-order valence-corrected chi connectivity index (χ1v) is 9.09. The standard InChI is InChI=1S/C21H25N3O4.ClH/c1-28-16-11-9-15(10-12-16)19(25)7-4-8-20(26)24-18-6-3-2-5-17(18)21(27)23-14-13-22;/h2-3,5-6,9-12H,4,7-8,13-14,22H2,1H3,(H,23,27)(H,24,26);1H. The van der Waals surface area contributed by atoms with Crippen molar-refractivity contribution in [3.63, 3.8) is 0 Å². The van der Waals surface area contributed by atoms with E-state index in [9.17, 15) is 14.4 Å². The van der Waals surface area contributed by atoms with Crippen molar-refractivity contribution < 1.29 is 19.1 Å². The molecule has 156 valence electrons. The van der Waals surface area contributed by atoms with Crippen LogP contribution in [0.4, 0.5) is 5.69 Å². The van der Waals surface area contributed by atoms with E-state index in [0.717, 1.165) is 0 Å². The number of rotatable bonds is 10. The van der Waals surface area contributed by atoms with E-state index in [1.165, 1.54) is 0 Å². The Morgan fingerprint density at radius 1 is 1.00 bits per heavy atom. The Kier molecular flexibility index (Phi) is 10.4. The minimum Gasteiger partial charge on any atom is -0.497 e. The SMILES string of the molecule is COc1ccc(C(=O)CCCC(=O)Nc2ccccc2C(=O)NCCN)cc1.Cl. The minimum atomic E-state index is -0.295. The number of carbonyl (C=O) groups is 3. The molecule has 0 atom stereocenters. The van der Waals surface area contributed by atoms with Crippen molar-refractivity contribution in [2.75, 3.05) is 25.5 Å². The number of nitrogens with two attached hydrogens (primary N) is 1. The van der Waals surface area contributed by atoms with Gasteiger partial charge in [0.1, 0.15) is 5.75 Å². The Morgan fingerprint density at radius 3 is 2.34 bits per heavy atom. The number of methoxy groups -OCH3 is 1. The maximum atomic E-state index is 12.2. The van der Waals surface area contributed by atoms with Gasteiger partial charge in [0.25, 0.3) is 5.91 Å². The molecule has 0 aromatic heterocycles. The first-order valence-electron chi connectivity index (χ1n) is 9.09. The summed E-state index contributed by atoms with van der Waals surface area (Å²) in [7, 11) is 1.56. The summed E-state index contributed by atoms with van der Waals surface area (Å²) in [6, 6.07) is 13.6. The molecular weight excluding hydrogens is 394 g/mol. The lowest BCUT2D eigenvalue weighted by atomic mass is 10.1. The molecule has 7 nitrogen and oxygen atoms in total. The molecule has 0 saturated carbocycles. The van der Waals surface area contributed by atoms with Crippen LogP contribution in [-0.2, 0) is 4.79 Å². The van der Waals surface area contributed by atoms with E-state index >= 15 is 0 Å². The fourth-order valence-electron chi connectivity index (χ4n) is 2.61. The van der Waals surface area contributed by atoms with Crippen molar-refractivity contribution in [1.29, 1.82) is 0 Å². The number of ketones is 1. The average Bonchev–Trinajstić information content (AvgIpc) is 2.72. The van der Waals surface area contributed by atoms with Gasteiger partial charge >= 0.3 is 0 Å². The highest BCUT2D eigenvalue weighted by atomic mass is 35.5. The molecule has 29 heavy (non-hydrogen) atoms. The van der Waals surface area contributed by atoms with Crippen LogP contribution < -0.4 is 21.1 Å². The molecule has 0 bridgehead atoms. The van der Waals surface area contributed by atoms with Gasteiger partial charge in [-0.1, -0.05) is 12.1 Å². The number of Topliss-reactive ketones (excluding diaryl/α,β-unsaturated/α-hetero) is 1. The third-order valence-electron chi connectivity index (χ3n) is 4.10. The molecule has 0 heterocycles. The van der Waals surface area contributed by atoms with E-state index < -0.39 is 0 Å². The zero-order valence-electron chi connectivity index (χ0n) is 16.3. The van der Waals surface area contributed by atoms with Gasteiger partial charge in [0.2, 0.25) is 5.91 Å². The predicted molar refractivity (Wildman–Crippen MR) is 115 cm³/mol. The van der Waals surface area contributed by atoms with Crippen molar-refractivity contribution in [3.8, 4) is 5.75 Å². The second kappa shape index (κ2) is 12.5. The van der Waals surface area contributed by atoms with Crippen LogP contribution in [0, 0.1) is 0 Å². The fraction of sp³-hybridized carbons (Fsp3) is 0.286. The lowest BCUT2D eigenvalue weighted by molar-refractivity contribution is -0.116. The van der Waals surface area contributed by atoms with Crippen molar-refractivity contribution in [2.24, 2.45) is 5.73 Å². The Morgan fingerprint density at radius 2 is 1.69 bits per heavy atom. The monoisotopic (exact) mass is 419 g/mol. The number of hydrogen-bond donors (Lipinski definition) is 3. The normalized spacial score (nSPS) is 9.86. The Bertz CT molecular complexity index is 825. The molecule has 0 radical (unpaired) electrons. The largest absolute Gasteiger partial charge is 0.497 e. The summed E-state index contributed by atoms with van der Waals surface area (Å²) in [4.78, 5) is 36.5. The highest BCUT2D eigenvalue weighted by Gasteiger charge is 2.13. The van der Waals surface area contributed by atoms with Crippen LogP contribution in [-0.4, -0.2) is 37.8 Å². The maximum Gasteiger partial charge on any atom is 0.253 e. The molecule has 0 spiro atoms. The van der Waals surface area contributed by atoms with E-state index in [2.05, 4.69) is 10.6 Å². The smallest absolute Gasteiger partial charge is 0.253 e. The first-order chi connectivity index (χ1) is 13.5. The molecule has 0 aliphatic heterocycles. The number of carbonyl (C=O) groups excluding carboxylic acids is 3. The Labute approximate surface area is 176 Å². The van der Waals surface area contributed by atoms with Crippen LogP contribution in [0.15, 0.2) is 48.5 Å². The summed E-state index contributed by atoms with van der Waals surface area (Å²) in [6.07, 6.45) is 0.858. The number of halogens is 1. The molecule has 4 N–H and O–H groups in total. The van der Waals surface area contributed by atoms with Crippen molar-refractivity contribution in [3.05, 3.63) is 59.7 Å². The molecule has 0 fully saturated rings. The Hall–Kier alpha value is -2.90. The van der Waals surface area contributed by atoms with E-state index in [1.54, 1.807) is 55.6 Å². The van der Waals surface area contributed by atoms with E-state index in [4.69, 9.17) is 10.5 Å². The molecule has 0 unspecified atom stereocenters. The van der Waals surface area contributed by atoms with Crippen LogP contribution in [0.2, 0.25) is 0 Å². The van der Waals surface area contributed by atoms with Crippen LogP contribution in [0.3, 0.4) is 0 Å². The number of para-hydroxylation sites is 1. The first kappa shape index (κ1) is 24.1. The zero-order chi connectivity index (χ0) is 20.4. The number of anilines is 1. The number of nitrogens with one attached hydrogen (secondary N) is 2. The predicted octanol–water partition coefficient (Wildman–Crippen LogP) is 2.80. The molecule has 2 aromatic rings. The van der Waals surface area contributed by atoms with E-state index in [1.807, 2.05) is 0 Å². The summed E-state index contributed by atoms with van der Waals surface area (Å²) in [5.41, 5.74) is 6.78. The molecule has 2 aromatic carbocycles. The Balaban J connectivity index is 0.00000420. The lowest BCUT2D eigenvalue weighted by Crippen LogP contribution is -2.29. The molecular formula is C21H26ClN3O4. The zero-order valence-corrected chi connectivity index (χ0v) is 17.1. The van der Waals surface area contributed by atoms with Gasteiger partial charge in [-0.3, -0.25) is 14.4 Å². The number of benzene rings is 2. The van der Waals surface area contributed by atoms with Crippen LogP contribution in [0.1, 0.15) is 40.0 Å². The van der Waals surface area contributed by atoms with Crippen molar-refractivity contribution >= 4 is 35.7 Å². The van der Waals surface area contributed by atoms with Gasteiger partial charge in [0, 0.05) is 31.5 Å². The van der Waals surface area contributed by atoms with Gasteiger partial charge in [0.05, 0.1) is 18.4 Å². The quantitative estimate of drug-likeness (QED) is 0.513. The average molecular weight is 420 g/mol. The molecule has 0 aliphatic rings. The van der Waals surface area contributed by atoms with Crippen LogP contribution in [0.25, 0.3) is 0 Å². The maximum absolute atomic E-state index is 12.2. The fourth-order valence-corrected chi connectivity index (χ4v) is 2.61. The molecule has 0 aliphatic carbocycles.